The van der Waals surface area contributed by atoms with Crippen LogP contribution in [0.15, 0.2) is 24.3 Å². The number of carboxylic acids is 1. The average Bonchev–Trinajstić information content (AvgIpc) is 2.04. The van der Waals surface area contributed by atoms with Crippen LogP contribution in [0.25, 0.3) is 0 Å². The molecule has 0 saturated heterocycles. The predicted octanol–water partition coefficient (Wildman–Crippen LogP) is -1.57. The van der Waals surface area contributed by atoms with Crippen molar-refractivity contribution in [3.63, 3.8) is 0 Å². The topological polar surface area (TPSA) is 63.6 Å². The van der Waals surface area contributed by atoms with E-state index in [9.17, 15) is 9.59 Å². The first kappa shape index (κ1) is 13.2. The maximum Gasteiger partial charge on any atom is 1.00 e. The van der Waals surface area contributed by atoms with Gasteiger partial charge >= 0.3 is 41.5 Å². The summed E-state index contributed by atoms with van der Waals surface area (Å²) in [7, 11) is 0. The second-order valence-corrected chi connectivity index (χ2v) is 2.42. The number of hydrogen-bond donors (Lipinski definition) is 1. The van der Waals surface area contributed by atoms with Crippen molar-refractivity contribution in [1.29, 1.82) is 0 Å². The molecular weight excluding hydrogens is 195 g/mol. The molecule has 0 aliphatic carbocycles. The number of carboxylic acid groups (broad SMARTS) is 1. The number of benzene rings is 1. The van der Waals surface area contributed by atoms with Gasteiger partial charge in [-0.05, 0) is 24.3 Å². The van der Waals surface area contributed by atoms with Gasteiger partial charge in [-0.1, -0.05) is 0 Å². The van der Waals surface area contributed by atoms with Gasteiger partial charge in [-0.25, -0.2) is 4.79 Å². The molecule has 14 heavy (non-hydrogen) atoms. The Balaban J connectivity index is 0. The van der Waals surface area contributed by atoms with Crippen LogP contribution < -0.4 is 34.3 Å². The zero-order valence-electron chi connectivity index (χ0n) is 8.98. The molecule has 0 aromatic heterocycles. The van der Waals surface area contributed by atoms with E-state index < -0.39 is 11.9 Å². The molecule has 4 nitrogen and oxygen atoms in total. The minimum absolute atomic E-state index is 0. The van der Waals surface area contributed by atoms with E-state index in [1.807, 2.05) is 0 Å². The molecule has 1 aromatic carbocycles. The van der Waals surface area contributed by atoms with Crippen molar-refractivity contribution in [2.24, 2.45) is 0 Å². The van der Waals surface area contributed by atoms with Crippen LogP contribution in [0.1, 0.15) is 18.7 Å². The van der Waals surface area contributed by atoms with Crippen molar-refractivity contribution in [3.05, 3.63) is 29.8 Å². The molecule has 1 rings (SSSR count). The minimum Gasteiger partial charge on any atom is -1.00 e. The Hall–Kier alpha value is -0.840. The third-order valence-corrected chi connectivity index (χ3v) is 1.36. The van der Waals surface area contributed by atoms with Gasteiger partial charge in [0, 0.05) is 6.92 Å². The Morgan fingerprint density at radius 1 is 1.29 bits per heavy atom. The Bertz CT molecular complexity index is 336. The Kier molecular flexibility index (Phi) is 5.45. The van der Waals surface area contributed by atoms with Crippen molar-refractivity contribution in [3.8, 4) is 5.75 Å². The summed E-state index contributed by atoms with van der Waals surface area (Å²) in [5, 5.41) is 8.55. The molecule has 5 heteroatoms. The van der Waals surface area contributed by atoms with Crippen LogP contribution in [0.5, 0.6) is 5.75 Å². The van der Waals surface area contributed by atoms with E-state index >= 15 is 0 Å². The molecule has 0 amide bonds. The van der Waals surface area contributed by atoms with E-state index in [1.165, 1.54) is 31.2 Å². The number of aromatic carboxylic acids is 1. The summed E-state index contributed by atoms with van der Waals surface area (Å²) in [6.07, 6.45) is 0. The molecular formula is C9H9NaO4. The van der Waals surface area contributed by atoms with Crippen LogP contribution in [-0.4, -0.2) is 17.0 Å². The molecule has 0 atom stereocenters. The molecule has 70 valence electrons. The van der Waals surface area contributed by atoms with Crippen LogP contribution in [-0.2, 0) is 4.79 Å². The van der Waals surface area contributed by atoms with Gasteiger partial charge in [-0.3, -0.25) is 4.79 Å². The summed E-state index contributed by atoms with van der Waals surface area (Å²) in [5.41, 5.74) is 0.163. The zero-order valence-corrected chi connectivity index (χ0v) is 9.98. The van der Waals surface area contributed by atoms with Crippen molar-refractivity contribution in [2.75, 3.05) is 0 Å². The van der Waals surface area contributed by atoms with Crippen LogP contribution in [0.2, 0.25) is 0 Å². The maximum absolute atomic E-state index is 10.5. The molecule has 1 aromatic rings. The van der Waals surface area contributed by atoms with Gasteiger partial charge in [0.1, 0.15) is 5.75 Å². The molecule has 0 saturated carbocycles. The van der Waals surface area contributed by atoms with Gasteiger partial charge in [0.15, 0.2) is 0 Å². The first-order valence-corrected chi connectivity index (χ1v) is 3.61. The summed E-state index contributed by atoms with van der Waals surface area (Å²) in [6, 6.07) is 5.62. The Morgan fingerprint density at radius 3 is 2.14 bits per heavy atom. The third kappa shape index (κ3) is 3.91. The number of hydrogen-bond acceptors (Lipinski definition) is 3. The second kappa shape index (κ2) is 5.80. The summed E-state index contributed by atoms with van der Waals surface area (Å²) >= 11 is 0. The Labute approximate surface area is 105 Å². The van der Waals surface area contributed by atoms with Gasteiger partial charge in [-0.2, -0.15) is 0 Å². The first-order valence-electron chi connectivity index (χ1n) is 3.61. The van der Waals surface area contributed by atoms with E-state index in [4.69, 9.17) is 9.84 Å². The minimum atomic E-state index is -1.01. The molecule has 0 bridgehead atoms. The fraction of sp³-hybridized carbons (Fsp3) is 0.111. The molecule has 1 N–H and O–H groups in total. The van der Waals surface area contributed by atoms with Crippen LogP contribution >= 0.6 is 0 Å². The molecule has 0 aliphatic heterocycles. The Morgan fingerprint density at radius 2 is 1.79 bits per heavy atom. The molecule has 0 fully saturated rings. The number of carbonyl (C=O) groups is 2. The zero-order chi connectivity index (χ0) is 9.84. The summed E-state index contributed by atoms with van der Waals surface area (Å²) in [6.45, 7) is 1.28. The van der Waals surface area contributed by atoms with Gasteiger partial charge in [0.2, 0.25) is 0 Å². The molecule has 0 unspecified atom stereocenters. The quantitative estimate of drug-likeness (QED) is 0.359. The second-order valence-electron chi connectivity index (χ2n) is 2.42. The smallest absolute Gasteiger partial charge is 1.00 e. The van der Waals surface area contributed by atoms with E-state index in [1.54, 1.807) is 0 Å². The van der Waals surface area contributed by atoms with E-state index in [-0.39, 0.29) is 36.5 Å². The van der Waals surface area contributed by atoms with Crippen molar-refractivity contribution >= 4 is 11.9 Å². The van der Waals surface area contributed by atoms with Crippen LogP contribution in [0.3, 0.4) is 0 Å². The maximum atomic E-state index is 10.5. The fourth-order valence-electron chi connectivity index (χ4n) is 0.832. The SMILES string of the molecule is CC(=O)Oc1ccc(C(=O)O)cc1.[H-].[Na+]. The van der Waals surface area contributed by atoms with Gasteiger partial charge in [-0.15, -0.1) is 0 Å². The molecule has 0 radical (unpaired) electrons. The number of rotatable bonds is 2. The van der Waals surface area contributed by atoms with E-state index in [2.05, 4.69) is 0 Å². The van der Waals surface area contributed by atoms with Gasteiger partial charge in [0.05, 0.1) is 5.56 Å². The fourth-order valence-corrected chi connectivity index (χ4v) is 0.832. The number of ether oxygens (including phenoxy) is 1. The summed E-state index contributed by atoms with van der Waals surface area (Å²) in [4.78, 5) is 20.9. The predicted molar refractivity (Wildman–Crippen MR) is 45.8 cm³/mol. The average molecular weight is 204 g/mol. The van der Waals surface area contributed by atoms with Crippen LogP contribution in [0, 0.1) is 0 Å². The number of carbonyl (C=O) groups excluding carboxylic acids is 1. The first-order chi connectivity index (χ1) is 6.09. The van der Waals surface area contributed by atoms with Gasteiger partial charge in [0.25, 0.3) is 0 Å². The standard InChI is InChI=1S/C9H8O4.Na.H/c1-6(10)13-8-4-2-7(3-5-8)9(11)12;;/h2-5H,1H3,(H,11,12);;/q;+1;-1. The molecule has 0 aliphatic rings. The third-order valence-electron chi connectivity index (χ3n) is 1.36. The van der Waals surface area contributed by atoms with Crippen molar-refractivity contribution < 1.29 is 50.4 Å². The van der Waals surface area contributed by atoms with E-state index in [0.29, 0.717) is 5.75 Å². The molecule has 0 spiro atoms. The largest absolute Gasteiger partial charge is 1.00 e. The summed E-state index contributed by atoms with van der Waals surface area (Å²) in [5.74, 6) is -1.09. The van der Waals surface area contributed by atoms with Crippen molar-refractivity contribution in [1.82, 2.24) is 0 Å². The van der Waals surface area contributed by atoms with Crippen LogP contribution in [0.4, 0.5) is 0 Å². The van der Waals surface area contributed by atoms with E-state index in [0.717, 1.165) is 0 Å². The normalized spacial score (nSPS) is 8.64. The summed E-state index contributed by atoms with van der Waals surface area (Å²) < 4.78 is 4.72. The monoisotopic (exact) mass is 204 g/mol. The van der Waals surface area contributed by atoms with Crippen molar-refractivity contribution in [2.45, 2.75) is 6.92 Å². The number of esters is 1. The molecule has 0 heterocycles. The van der Waals surface area contributed by atoms with Gasteiger partial charge < -0.3 is 11.3 Å².